The fourth-order valence-corrected chi connectivity index (χ4v) is 2.03. The van der Waals surface area contributed by atoms with Gasteiger partial charge < -0.3 is 16.0 Å². The van der Waals surface area contributed by atoms with E-state index >= 15 is 0 Å². The smallest absolute Gasteiger partial charge is 0.319 e. The molecule has 0 unspecified atom stereocenters. The maximum atomic E-state index is 13.4. The van der Waals surface area contributed by atoms with Gasteiger partial charge in [-0.1, -0.05) is 18.2 Å². The number of rotatable bonds is 5. The molecule has 23 heavy (non-hydrogen) atoms. The summed E-state index contributed by atoms with van der Waals surface area (Å²) in [6.07, 6.45) is 0.418. The molecular formula is C17H18FN3O2. The molecule has 0 spiro atoms. The highest BCUT2D eigenvalue weighted by molar-refractivity contribution is 5.91. The van der Waals surface area contributed by atoms with E-state index in [1.165, 1.54) is 13.0 Å². The van der Waals surface area contributed by atoms with Gasteiger partial charge in [0.15, 0.2) is 0 Å². The topological polar surface area (TPSA) is 70.2 Å². The lowest BCUT2D eigenvalue weighted by atomic mass is 10.1. The summed E-state index contributed by atoms with van der Waals surface area (Å²) in [6, 6.07) is 12.9. The SMILES string of the molecule is CC(=O)Nc1ccc(NC(=O)NCCc2ccccc2F)cc1. The highest BCUT2D eigenvalue weighted by Gasteiger charge is 2.04. The van der Waals surface area contributed by atoms with Crippen molar-refractivity contribution in [1.82, 2.24) is 5.32 Å². The summed E-state index contributed by atoms with van der Waals surface area (Å²) < 4.78 is 13.4. The molecule has 0 saturated carbocycles. The van der Waals surface area contributed by atoms with Crippen LogP contribution in [0.2, 0.25) is 0 Å². The van der Waals surface area contributed by atoms with Crippen LogP contribution in [0.5, 0.6) is 0 Å². The molecule has 0 heterocycles. The molecule has 6 heteroatoms. The van der Waals surface area contributed by atoms with Crippen LogP contribution in [0.15, 0.2) is 48.5 Å². The van der Waals surface area contributed by atoms with E-state index in [4.69, 9.17) is 0 Å². The Balaban J connectivity index is 1.78. The summed E-state index contributed by atoms with van der Waals surface area (Å²) in [5, 5.41) is 7.97. The monoisotopic (exact) mass is 315 g/mol. The third-order valence-electron chi connectivity index (χ3n) is 3.10. The van der Waals surface area contributed by atoms with Crippen molar-refractivity contribution in [3.8, 4) is 0 Å². The van der Waals surface area contributed by atoms with Crippen molar-refractivity contribution in [3.05, 3.63) is 59.9 Å². The quantitative estimate of drug-likeness (QED) is 0.793. The average molecular weight is 315 g/mol. The minimum absolute atomic E-state index is 0.156. The van der Waals surface area contributed by atoms with Crippen LogP contribution in [0.25, 0.3) is 0 Å². The van der Waals surface area contributed by atoms with Crippen LogP contribution >= 0.6 is 0 Å². The summed E-state index contributed by atoms with van der Waals surface area (Å²) in [6.45, 7) is 1.76. The maximum Gasteiger partial charge on any atom is 0.319 e. The second kappa shape index (κ2) is 7.93. The number of hydrogen-bond donors (Lipinski definition) is 3. The molecule has 0 atom stereocenters. The van der Waals surface area contributed by atoms with Crippen molar-refractivity contribution in [2.24, 2.45) is 0 Å². The molecule has 0 saturated heterocycles. The number of carbonyl (C=O) groups is 2. The molecule has 120 valence electrons. The number of nitrogens with one attached hydrogen (secondary N) is 3. The number of urea groups is 1. The number of anilines is 2. The summed E-state index contributed by atoms with van der Waals surface area (Å²) in [7, 11) is 0. The van der Waals surface area contributed by atoms with E-state index in [-0.39, 0.29) is 17.8 Å². The molecule has 5 nitrogen and oxygen atoms in total. The van der Waals surface area contributed by atoms with Gasteiger partial charge in [0.25, 0.3) is 0 Å². The molecule has 2 aromatic carbocycles. The number of benzene rings is 2. The van der Waals surface area contributed by atoms with Gasteiger partial charge in [0.1, 0.15) is 5.82 Å². The molecule has 0 bridgehead atoms. The Morgan fingerprint density at radius 1 is 0.957 bits per heavy atom. The highest BCUT2D eigenvalue weighted by Crippen LogP contribution is 2.13. The Morgan fingerprint density at radius 2 is 1.57 bits per heavy atom. The Hall–Kier alpha value is -2.89. The van der Waals surface area contributed by atoms with Crippen LogP contribution in [0, 0.1) is 5.82 Å². The second-order valence-corrected chi connectivity index (χ2v) is 4.98. The van der Waals surface area contributed by atoms with Crippen LogP contribution in [-0.2, 0) is 11.2 Å². The molecular weight excluding hydrogens is 297 g/mol. The lowest BCUT2D eigenvalue weighted by molar-refractivity contribution is -0.114. The van der Waals surface area contributed by atoms with Gasteiger partial charge in [0, 0.05) is 24.8 Å². The zero-order valence-electron chi connectivity index (χ0n) is 12.7. The van der Waals surface area contributed by atoms with Crippen LogP contribution in [-0.4, -0.2) is 18.5 Å². The Labute approximate surface area is 133 Å². The predicted molar refractivity (Wildman–Crippen MR) is 87.9 cm³/mol. The van der Waals surface area contributed by atoms with E-state index in [1.54, 1.807) is 42.5 Å². The molecule has 0 aliphatic carbocycles. The first-order chi connectivity index (χ1) is 11.0. The van der Waals surface area contributed by atoms with Crippen LogP contribution in [0.4, 0.5) is 20.6 Å². The molecule has 2 aromatic rings. The van der Waals surface area contributed by atoms with Gasteiger partial charge in [0.2, 0.25) is 5.91 Å². The van der Waals surface area contributed by atoms with E-state index in [1.807, 2.05) is 0 Å². The summed E-state index contributed by atoms with van der Waals surface area (Å²) in [4.78, 5) is 22.7. The van der Waals surface area contributed by atoms with Gasteiger partial charge in [-0.2, -0.15) is 0 Å². The first-order valence-electron chi connectivity index (χ1n) is 7.20. The molecule has 0 aliphatic rings. The first kappa shape index (κ1) is 16.5. The number of halogens is 1. The summed E-state index contributed by atoms with van der Waals surface area (Å²) >= 11 is 0. The zero-order valence-corrected chi connectivity index (χ0v) is 12.7. The molecule has 0 aliphatic heterocycles. The van der Waals surface area contributed by atoms with Gasteiger partial charge in [-0.25, -0.2) is 9.18 Å². The standard InChI is InChI=1S/C17H18FN3O2/c1-12(22)20-14-6-8-15(9-7-14)21-17(23)19-11-10-13-4-2-3-5-16(13)18/h2-9H,10-11H2,1H3,(H,20,22)(H2,19,21,23). The largest absolute Gasteiger partial charge is 0.338 e. The molecule has 0 fully saturated rings. The Kier molecular flexibility index (Phi) is 5.68. The summed E-state index contributed by atoms with van der Waals surface area (Å²) in [5.41, 5.74) is 1.82. The molecule has 0 aromatic heterocycles. The van der Waals surface area contributed by atoms with Crippen molar-refractivity contribution < 1.29 is 14.0 Å². The van der Waals surface area contributed by atoms with E-state index in [0.29, 0.717) is 29.9 Å². The Morgan fingerprint density at radius 3 is 2.17 bits per heavy atom. The lowest BCUT2D eigenvalue weighted by Crippen LogP contribution is -2.30. The normalized spacial score (nSPS) is 10.0. The number of carbonyl (C=O) groups excluding carboxylic acids is 2. The third-order valence-corrected chi connectivity index (χ3v) is 3.10. The van der Waals surface area contributed by atoms with E-state index in [0.717, 1.165) is 0 Å². The highest BCUT2D eigenvalue weighted by atomic mass is 19.1. The average Bonchev–Trinajstić information content (AvgIpc) is 2.51. The van der Waals surface area contributed by atoms with Crippen LogP contribution < -0.4 is 16.0 Å². The molecule has 3 N–H and O–H groups in total. The maximum absolute atomic E-state index is 13.4. The van der Waals surface area contributed by atoms with Crippen molar-refractivity contribution in [1.29, 1.82) is 0 Å². The van der Waals surface area contributed by atoms with Gasteiger partial charge in [-0.3, -0.25) is 4.79 Å². The fourth-order valence-electron chi connectivity index (χ4n) is 2.03. The van der Waals surface area contributed by atoms with E-state index in [9.17, 15) is 14.0 Å². The number of amides is 3. The minimum atomic E-state index is -0.367. The van der Waals surface area contributed by atoms with Crippen LogP contribution in [0.1, 0.15) is 12.5 Å². The molecule has 0 radical (unpaired) electrons. The zero-order chi connectivity index (χ0) is 16.7. The first-order valence-corrected chi connectivity index (χ1v) is 7.20. The lowest BCUT2D eigenvalue weighted by Gasteiger charge is -2.09. The molecule has 3 amide bonds. The van der Waals surface area contributed by atoms with E-state index in [2.05, 4.69) is 16.0 Å². The predicted octanol–water partition coefficient (Wildman–Crippen LogP) is 3.15. The molecule has 2 rings (SSSR count). The van der Waals surface area contributed by atoms with Crippen LogP contribution in [0.3, 0.4) is 0 Å². The van der Waals surface area contributed by atoms with Gasteiger partial charge in [-0.05, 0) is 42.3 Å². The van der Waals surface area contributed by atoms with Gasteiger partial charge >= 0.3 is 6.03 Å². The minimum Gasteiger partial charge on any atom is -0.338 e. The second-order valence-electron chi connectivity index (χ2n) is 4.98. The van der Waals surface area contributed by atoms with Crippen molar-refractivity contribution >= 4 is 23.3 Å². The van der Waals surface area contributed by atoms with Crippen molar-refractivity contribution in [3.63, 3.8) is 0 Å². The fraction of sp³-hybridized carbons (Fsp3) is 0.176. The summed E-state index contributed by atoms with van der Waals surface area (Å²) in [5.74, 6) is -0.431. The van der Waals surface area contributed by atoms with Gasteiger partial charge in [-0.15, -0.1) is 0 Å². The Bertz CT molecular complexity index is 686. The van der Waals surface area contributed by atoms with Gasteiger partial charge in [0.05, 0.1) is 0 Å². The number of hydrogen-bond acceptors (Lipinski definition) is 2. The van der Waals surface area contributed by atoms with Crippen molar-refractivity contribution in [2.75, 3.05) is 17.2 Å². The van der Waals surface area contributed by atoms with Crippen molar-refractivity contribution in [2.45, 2.75) is 13.3 Å². The van der Waals surface area contributed by atoms with E-state index < -0.39 is 0 Å². The third kappa shape index (κ3) is 5.43.